The molecule has 0 radical (unpaired) electrons. The fourth-order valence-corrected chi connectivity index (χ4v) is 1.87. The molecule has 0 amide bonds. The van der Waals surface area contributed by atoms with Crippen LogP contribution in [0.5, 0.6) is 0 Å². The van der Waals surface area contributed by atoms with Gasteiger partial charge in [0.1, 0.15) is 5.82 Å². The van der Waals surface area contributed by atoms with Gasteiger partial charge in [0.15, 0.2) is 0 Å². The number of rotatable bonds is 4. The highest BCUT2D eigenvalue weighted by molar-refractivity contribution is 5.49. The van der Waals surface area contributed by atoms with Gasteiger partial charge in [0.2, 0.25) is 0 Å². The van der Waals surface area contributed by atoms with Crippen molar-refractivity contribution in [1.29, 1.82) is 0 Å². The van der Waals surface area contributed by atoms with Crippen molar-refractivity contribution in [2.45, 2.75) is 13.0 Å². The van der Waals surface area contributed by atoms with E-state index in [0.717, 1.165) is 5.56 Å². The number of nitrogens with one attached hydrogen (secondary N) is 1. The van der Waals surface area contributed by atoms with E-state index in [1.807, 2.05) is 6.92 Å². The van der Waals surface area contributed by atoms with Gasteiger partial charge < -0.3 is 11.1 Å². The van der Waals surface area contributed by atoms with E-state index >= 15 is 0 Å². The first-order chi connectivity index (χ1) is 8.74. The summed E-state index contributed by atoms with van der Waals surface area (Å²) in [5, 5.41) is 3.21. The third-order valence-electron chi connectivity index (χ3n) is 2.72. The topological polar surface area (TPSA) is 63.8 Å². The predicted molar refractivity (Wildman–Crippen MR) is 68.4 cm³/mol. The van der Waals surface area contributed by atoms with Crippen molar-refractivity contribution < 1.29 is 4.39 Å². The minimum absolute atomic E-state index is 0.313. The molecule has 0 saturated heterocycles. The predicted octanol–water partition coefficient (Wildman–Crippen LogP) is 1.90. The van der Waals surface area contributed by atoms with Crippen LogP contribution in [-0.2, 0) is 0 Å². The first-order valence-corrected chi connectivity index (χ1v) is 5.76. The number of nitrogen functional groups attached to an aromatic ring is 1. The molecule has 2 aromatic heterocycles. The summed E-state index contributed by atoms with van der Waals surface area (Å²) in [6.45, 7) is 2.65. The lowest BCUT2D eigenvalue weighted by Crippen LogP contribution is -2.24. The molecule has 2 heterocycles. The standard InChI is InChI=1S/C13H15FN4/c1-2-18-13(9-3-5-17-8-11(9)14)10-7-16-6-4-12(10)15/h3-8,13,18H,2H2,1H3,(H2,15,16). The first-order valence-electron chi connectivity index (χ1n) is 5.76. The zero-order chi connectivity index (χ0) is 13.0. The average molecular weight is 246 g/mol. The Hall–Kier alpha value is -2.01. The first kappa shape index (κ1) is 12.4. The molecule has 0 fully saturated rings. The van der Waals surface area contributed by atoms with E-state index < -0.39 is 0 Å². The van der Waals surface area contributed by atoms with Crippen molar-refractivity contribution in [1.82, 2.24) is 15.3 Å². The van der Waals surface area contributed by atoms with Crippen LogP contribution in [-0.4, -0.2) is 16.5 Å². The smallest absolute Gasteiger partial charge is 0.146 e. The van der Waals surface area contributed by atoms with Crippen LogP contribution >= 0.6 is 0 Å². The van der Waals surface area contributed by atoms with Crippen LogP contribution in [0.1, 0.15) is 24.1 Å². The number of hydrogen-bond donors (Lipinski definition) is 2. The normalized spacial score (nSPS) is 12.3. The summed E-state index contributed by atoms with van der Waals surface area (Å²) in [6.07, 6.45) is 6.04. The molecule has 2 aromatic rings. The summed E-state index contributed by atoms with van der Waals surface area (Å²) >= 11 is 0. The fraction of sp³-hybridized carbons (Fsp3) is 0.231. The SMILES string of the molecule is CCNC(c1cnccc1N)c1ccncc1F. The van der Waals surface area contributed by atoms with E-state index in [-0.39, 0.29) is 11.9 Å². The van der Waals surface area contributed by atoms with Crippen molar-refractivity contribution in [2.75, 3.05) is 12.3 Å². The molecule has 1 atom stereocenters. The molecule has 0 aromatic carbocycles. The van der Waals surface area contributed by atoms with Crippen LogP contribution in [0.25, 0.3) is 0 Å². The van der Waals surface area contributed by atoms with Gasteiger partial charge >= 0.3 is 0 Å². The zero-order valence-electron chi connectivity index (χ0n) is 10.1. The quantitative estimate of drug-likeness (QED) is 0.864. The van der Waals surface area contributed by atoms with E-state index in [4.69, 9.17) is 5.73 Å². The number of halogens is 1. The minimum Gasteiger partial charge on any atom is -0.398 e. The Morgan fingerprint density at radius 2 is 1.94 bits per heavy atom. The monoisotopic (exact) mass is 246 g/mol. The summed E-state index contributed by atoms with van der Waals surface area (Å²) in [5.74, 6) is -0.355. The maximum absolute atomic E-state index is 13.8. The highest BCUT2D eigenvalue weighted by Crippen LogP contribution is 2.27. The lowest BCUT2D eigenvalue weighted by atomic mass is 9.99. The summed E-state index contributed by atoms with van der Waals surface area (Å²) in [6, 6.07) is 3.04. The van der Waals surface area contributed by atoms with Crippen molar-refractivity contribution in [3.05, 3.63) is 53.9 Å². The molecule has 0 saturated carbocycles. The van der Waals surface area contributed by atoms with Crippen molar-refractivity contribution >= 4 is 5.69 Å². The van der Waals surface area contributed by atoms with E-state index in [0.29, 0.717) is 17.8 Å². The third-order valence-corrected chi connectivity index (χ3v) is 2.72. The van der Waals surface area contributed by atoms with Crippen LogP contribution in [0.4, 0.5) is 10.1 Å². The van der Waals surface area contributed by atoms with Gasteiger partial charge in [0, 0.05) is 35.4 Å². The number of nitrogens with two attached hydrogens (primary N) is 1. The number of anilines is 1. The molecule has 1 unspecified atom stereocenters. The van der Waals surface area contributed by atoms with E-state index in [1.54, 1.807) is 30.7 Å². The average Bonchev–Trinajstić information content (AvgIpc) is 2.38. The maximum Gasteiger partial charge on any atom is 0.146 e. The lowest BCUT2D eigenvalue weighted by Gasteiger charge is -2.20. The molecule has 94 valence electrons. The number of nitrogens with zero attached hydrogens (tertiary/aromatic N) is 2. The van der Waals surface area contributed by atoms with E-state index in [2.05, 4.69) is 15.3 Å². The highest BCUT2D eigenvalue weighted by Gasteiger charge is 2.19. The molecule has 3 N–H and O–H groups in total. The van der Waals surface area contributed by atoms with Crippen LogP contribution in [0.2, 0.25) is 0 Å². The highest BCUT2D eigenvalue weighted by atomic mass is 19.1. The lowest BCUT2D eigenvalue weighted by molar-refractivity contribution is 0.554. The summed E-state index contributed by atoms with van der Waals surface area (Å²) in [4.78, 5) is 7.80. The van der Waals surface area contributed by atoms with Gasteiger partial charge in [-0.1, -0.05) is 6.92 Å². The molecule has 2 rings (SSSR count). The summed E-state index contributed by atoms with van der Waals surface area (Å²) < 4.78 is 13.8. The molecule has 4 nitrogen and oxygen atoms in total. The third kappa shape index (κ3) is 2.46. The molecule has 5 heteroatoms. The molecule has 0 spiro atoms. The molecular formula is C13H15FN4. The summed E-state index contributed by atoms with van der Waals surface area (Å²) in [7, 11) is 0. The largest absolute Gasteiger partial charge is 0.398 e. The number of pyridine rings is 2. The van der Waals surface area contributed by atoms with Gasteiger partial charge in [-0.15, -0.1) is 0 Å². The molecule has 0 aliphatic heterocycles. The minimum atomic E-state index is -0.355. The Morgan fingerprint density at radius 3 is 2.61 bits per heavy atom. The van der Waals surface area contributed by atoms with Crippen molar-refractivity contribution in [2.24, 2.45) is 0 Å². The van der Waals surface area contributed by atoms with Crippen LogP contribution in [0.15, 0.2) is 36.9 Å². The Balaban J connectivity index is 2.47. The van der Waals surface area contributed by atoms with Crippen molar-refractivity contribution in [3.8, 4) is 0 Å². The van der Waals surface area contributed by atoms with Crippen LogP contribution < -0.4 is 11.1 Å². The maximum atomic E-state index is 13.8. The van der Waals surface area contributed by atoms with Gasteiger partial charge in [-0.3, -0.25) is 9.97 Å². The van der Waals surface area contributed by atoms with Gasteiger partial charge in [0.05, 0.1) is 12.2 Å². The summed E-state index contributed by atoms with van der Waals surface area (Å²) in [5.41, 5.74) is 7.80. The number of aromatic nitrogens is 2. The second kappa shape index (κ2) is 5.55. The molecule has 0 bridgehead atoms. The van der Waals surface area contributed by atoms with Gasteiger partial charge in [0.25, 0.3) is 0 Å². The molecule has 18 heavy (non-hydrogen) atoms. The van der Waals surface area contributed by atoms with Crippen LogP contribution in [0, 0.1) is 5.82 Å². The van der Waals surface area contributed by atoms with Gasteiger partial charge in [-0.2, -0.15) is 0 Å². The second-order valence-electron chi connectivity index (χ2n) is 3.89. The van der Waals surface area contributed by atoms with Gasteiger partial charge in [-0.25, -0.2) is 4.39 Å². The Labute approximate surface area is 105 Å². The van der Waals surface area contributed by atoms with E-state index in [1.165, 1.54) is 6.20 Å². The Morgan fingerprint density at radius 1 is 1.22 bits per heavy atom. The molecule has 0 aliphatic rings. The van der Waals surface area contributed by atoms with Crippen LogP contribution in [0.3, 0.4) is 0 Å². The molecule has 0 aliphatic carbocycles. The zero-order valence-corrected chi connectivity index (χ0v) is 10.1. The van der Waals surface area contributed by atoms with E-state index in [9.17, 15) is 4.39 Å². The fourth-order valence-electron chi connectivity index (χ4n) is 1.87. The second-order valence-corrected chi connectivity index (χ2v) is 3.89. The van der Waals surface area contributed by atoms with Gasteiger partial charge in [-0.05, 0) is 18.7 Å². The Bertz CT molecular complexity index is 484. The Kier molecular flexibility index (Phi) is 3.84. The number of hydrogen-bond acceptors (Lipinski definition) is 4. The molecular weight excluding hydrogens is 231 g/mol. The van der Waals surface area contributed by atoms with Crippen molar-refractivity contribution in [3.63, 3.8) is 0 Å².